The number of rotatable bonds is 11. The lowest BCUT2D eigenvalue weighted by Crippen LogP contribution is -2.40. The standard InChI is InChI=1S/C36H34BrN3O7S/c1-7-45-35(42)31-21(4)39-36-40(32(31)24-12-13-27(47-20(2)3)28(15-24)43-5)34(41)30(48-36)16-25-14-26(37)17-29(44-6)33(25)46-19-23-10-8-22(18-38)9-11-23/h8-17,20,32H,7,19H2,1-6H3/b30-16+/t32-/m0/s1. The summed E-state index contributed by atoms with van der Waals surface area (Å²) in [5.41, 5.74) is 2.98. The quantitative estimate of drug-likeness (QED) is 0.177. The number of nitrogens with zero attached hydrogens (tertiary/aromatic N) is 3. The van der Waals surface area contributed by atoms with Crippen LogP contribution in [-0.2, 0) is 16.1 Å². The average molecular weight is 733 g/mol. The Morgan fingerprint density at radius 3 is 2.46 bits per heavy atom. The Morgan fingerprint density at radius 1 is 1.08 bits per heavy atom. The van der Waals surface area contributed by atoms with E-state index in [0.29, 0.717) is 54.7 Å². The minimum atomic E-state index is -0.839. The van der Waals surface area contributed by atoms with Gasteiger partial charge in [0.2, 0.25) is 0 Å². The highest BCUT2D eigenvalue weighted by atomic mass is 79.9. The Balaban J connectivity index is 1.66. The molecule has 1 atom stereocenters. The van der Waals surface area contributed by atoms with Gasteiger partial charge in [0, 0.05) is 10.0 Å². The zero-order valence-corrected chi connectivity index (χ0v) is 29.7. The van der Waals surface area contributed by atoms with Gasteiger partial charge < -0.3 is 23.7 Å². The van der Waals surface area contributed by atoms with Crippen LogP contribution in [0.15, 0.2) is 80.1 Å². The first kappa shape index (κ1) is 34.5. The fourth-order valence-electron chi connectivity index (χ4n) is 5.29. The van der Waals surface area contributed by atoms with E-state index in [-0.39, 0.29) is 30.5 Å². The second-order valence-electron chi connectivity index (χ2n) is 11.0. The SMILES string of the molecule is CCOC(=O)C1=C(C)N=c2s/c(=C/c3cc(Br)cc(OC)c3OCc3ccc(C#N)cc3)c(=O)n2[C@H]1c1ccc(OC(C)C)c(OC)c1. The predicted molar refractivity (Wildman–Crippen MR) is 185 cm³/mol. The summed E-state index contributed by atoms with van der Waals surface area (Å²) in [6.07, 6.45) is 1.64. The minimum absolute atomic E-state index is 0.0886. The summed E-state index contributed by atoms with van der Waals surface area (Å²) >= 11 is 4.74. The van der Waals surface area contributed by atoms with Crippen molar-refractivity contribution in [2.45, 2.75) is 46.4 Å². The molecule has 0 aliphatic carbocycles. The molecule has 3 aromatic carbocycles. The highest BCUT2D eigenvalue weighted by Crippen LogP contribution is 2.38. The molecule has 4 aromatic rings. The molecule has 248 valence electrons. The summed E-state index contributed by atoms with van der Waals surface area (Å²) in [4.78, 5) is 32.8. The third kappa shape index (κ3) is 7.17. The highest BCUT2D eigenvalue weighted by molar-refractivity contribution is 9.10. The first-order valence-corrected chi connectivity index (χ1v) is 16.7. The highest BCUT2D eigenvalue weighted by Gasteiger charge is 2.34. The van der Waals surface area contributed by atoms with Crippen molar-refractivity contribution in [1.82, 2.24) is 4.57 Å². The van der Waals surface area contributed by atoms with Crippen LogP contribution in [0.5, 0.6) is 23.0 Å². The van der Waals surface area contributed by atoms with Crippen molar-refractivity contribution in [2.24, 2.45) is 4.99 Å². The summed E-state index contributed by atoms with van der Waals surface area (Å²) < 4.78 is 31.5. The van der Waals surface area contributed by atoms with Gasteiger partial charge in [-0.15, -0.1) is 0 Å². The molecule has 1 aliphatic rings. The maximum atomic E-state index is 14.3. The van der Waals surface area contributed by atoms with E-state index in [4.69, 9.17) is 28.9 Å². The molecule has 0 saturated heterocycles. The predicted octanol–water partition coefficient (Wildman–Crippen LogP) is 5.82. The van der Waals surface area contributed by atoms with Crippen LogP contribution in [0.4, 0.5) is 0 Å². The third-order valence-corrected chi connectivity index (χ3v) is 8.84. The molecule has 1 aliphatic heterocycles. The van der Waals surface area contributed by atoms with E-state index in [1.54, 1.807) is 64.5 Å². The molecule has 2 heterocycles. The fraction of sp³-hybridized carbons (Fsp3) is 0.278. The molecule has 0 spiro atoms. The number of aromatic nitrogens is 1. The van der Waals surface area contributed by atoms with Crippen LogP contribution in [0.25, 0.3) is 6.08 Å². The Hall–Kier alpha value is -4.86. The minimum Gasteiger partial charge on any atom is -0.493 e. The average Bonchev–Trinajstić information content (AvgIpc) is 3.37. The Morgan fingerprint density at radius 2 is 1.81 bits per heavy atom. The number of halogens is 1. The Kier molecular flexibility index (Phi) is 10.7. The van der Waals surface area contributed by atoms with Crippen molar-refractivity contribution < 1.29 is 28.5 Å². The van der Waals surface area contributed by atoms with Gasteiger partial charge in [-0.1, -0.05) is 45.5 Å². The molecule has 10 nitrogen and oxygen atoms in total. The van der Waals surface area contributed by atoms with Crippen LogP contribution in [-0.4, -0.2) is 37.5 Å². The van der Waals surface area contributed by atoms with Gasteiger partial charge in [0.1, 0.15) is 6.61 Å². The number of benzene rings is 3. The molecule has 0 N–H and O–H groups in total. The number of hydrogen-bond donors (Lipinski definition) is 0. The molecular weight excluding hydrogens is 698 g/mol. The lowest BCUT2D eigenvalue weighted by Gasteiger charge is -2.25. The molecule has 0 saturated carbocycles. The fourth-order valence-corrected chi connectivity index (χ4v) is 6.78. The van der Waals surface area contributed by atoms with Crippen LogP contribution in [0.3, 0.4) is 0 Å². The van der Waals surface area contributed by atoms with Crippen molar-refractivity contribution in [1.29, 1.82) is 5.26 Å². The summed E-state index contributed by atoms with van der Waals surface area (Å²) in [6, 6.07) is 17.3. The van der Waals surface area contributed by atoms with Crippen molar-refractivity contribution in [3.63, 3.8) is 0 Å². The second kappa shape index (κ2) is 14.9. The van der Waals surface area contributed by atoms with E-state index < -0.39 is 12.0 Å². The van der Waals surface area contributed by atoms with Crippen LogP contribution in [0.2, 0.25) is 0 Å². The van der Waals surface area contributed by atoms with E-state index in [0.717, 1.165) is 10.0 Å². The third-order valence-electron chi connectivity index (χ3n) is 7.40. The summed E-state index contributed by atoms with van der Waals surface area (Å²) in [5, 5.41) is 9.14. The first-order chi connectivity index (χ1) is 23.1. The van der Waals surface area contributed by atoms with Crippen molar-refractivity contribution >= 4 is 39.3 Å². The smallest absolute Gasteiger partial charge is 0.338 e. The van der Waals surface area contributed by atoms with Gasteiger partial charge >= 0.3 is 5.97 Å². The molecule has 0 fully saturated rings. The number of carbonyl (C=O) groups is 1. The maximum Gasteiger partial charge on any atom is 0.338 e. The number of methoxy groups -OCH3 is 2. The molecular formula is C36H34BrN3O7S. The molecule has 0 amide bonds. The molecule has 0 radical (unpaired) electrons. The van der Waals surface area contributed by atoms with Gasteiger partial charge in [-0.3, -0.25) is 9.36 Å². The molecule has 1 aromatic heterocycles. The Bertz CT molecular complexity index is 2110. The van der Waals surface area contributed by atoms with Crippen molar-refractivity contribution in [3.05, 3.63) is 112 Å². The molecule has 0 bridgehead atoms. The number of allylic oxidation sites excluding steroid dienone is 1. The largest absolute Gasteiger partial charge is 0.493 e. The van der Waals surface area contributed by atoms with Gasteiger partial charge in [0.25, 0.3) is 5.56 Å². The number of ether oxygens (including phenoxy) is 5. The molecule has 48 heavy (non-hydrogen) atoms. The summed E-state index contributed by atoms with van der Waals surface area (Å²) in [7, 11) is 3.08. The lowest BCUT2D eigenvalue weighted by molar-refractivity contribution is -0.139. The van der Waals surface area contributed by atoms with Crippen LogP contribution in [0.1, 0.15) is 56.0 Å². The zero-order valence-electron chi connectivity index (χ0n) is 27.3. The maximum absolute atomic E-state index is 14.3. The normalized spacial score (nSPS) is 14.2. The van der Waals surface area contributed by atoms with E-state index in [1.165, 1.54) is 15.9 Å². The molecule has 0 unspecified atom stereocenters. The topological polar surface area (TPSA) is 121 Å². The number of carbonyl (C=O) groups excluding carboxylic acids is 1. The zero-order chi connectivity index (χ0) is 34.5. The number of thiazole rings is 1. The van der Waals surface area contributed by atoms with E-state index >= 15 is 0 Å². The lowest BCUT2D eigenvalue weighted by atomic mass is 9.95. The van der Waals surface area contributed by atoms with Crippen molar-refractivity contribution in [3.8, 4) is 29.1 Å². The van der Waals surface area contributed by atoms with Crippen LogP contribution >= 0.6 is 27.3 Å². The van der Waals surface area contributed by atoms with Crippen molar-refractivity contribution in [2.75, 3.05) is 20.8 Å². The second-order valence-corrected chi connectivity index (χ2v) is 12.9. The van der Waals surface area contributed by atoms with Gasteiger partial charge in [-0.2, -0.15) is 5.26 Å². The van der Waals surface area contributed by atoms with E-state index in [1.807, 2.05) is 38.1 Å². The number of fused-ring (bicyclic) bond motifs is 1. The van der Waals surface area contributed by atoms with Gasteiger partial charge in [0.15, 0.2) is 27.8 Å². The Labute approximate surface area is 290 Å². The summed E-state index contributed by atoms with van der Waals surface area (Å²) in [6.45, 7) is 7.66. The van der Waals surface area contributed by atoms with Gasteiger partial charge in [-0.25, -0.2) is 9.79 Å². The van der Waals surface area contributed by atoms with E-state index in [9.17, 15) is 9.59 Å². The molecule has 12 heteroatoms. The first-order valence-electron chi connectivity index (χ1n) is 15.1. The van der Waals surface area contributed by atoms with Gasteiger partial charge in [0.05, 0.1) is 60.4 Å². The van der Waals surface area contributed by atoms with Crippen LogP contribution in [0, 0.1) is 11.3 Å². The molecule has 5 rings (SSSR count). The monoisotopic (exact) mass is 731 g/mol. The van der Waals surface area contributed by atoms with Crippen LogP contribution < -0.4 is 33.8 Å². The number of esters is 1. The van der Waals surface area contributed by atoms with Gasteiger partial charge in [-0.05, 0) is 81.3 Å². The number of nitriles is 1. The van der Waals surface area contributed by atoms with E-state index in [2.05, 4.69) is 27.0 Å². The number of hydrogen-bond acceptors (Lipinski definition) is 10. The summed E-state index contributed by atoms with van der Waals surface area (Å²) in [5.74, 6) is 1.34.